The maximum atomic E-state index is 11.2. The van der Waals surface area contributed by atoms with Crippen LogP contribution in [0.4, 0.5) is 0 Å². The zero-order valence-corrected chi connectivity index (χ0v) is 15.0. The first-order valence-electron chi connectivity index (χ1n) is 8.68. The smallest absolute Gasteiger partial charge is 0.140 e. The first kappa shape index (κ1) is 16.4. The summed E-state index contributed by atoms with van der Waals surface area (Å²) in [7, 11) is 0. The van der Waals surface area contributed by atoms with E-state index in [2.05, 4.69) is 47.9 Å². The van der Waals surface area contributed by atoms with Gasteiger partial charge in [-0.15, -0.1) is 0 Å². The number of H-pyrrole nitrogens is 2. The van der Waals surface area contributed by atoms with E-state index in [0.717, 1.165) is 33.1 Å². The minimum Gasteiger partial charge on any atom is -0.380 e. The van der Waals surface area contributed by atoms with Gasteiger partial charge in [0.15, 0.2) is 0 Å². The van der Waals surface area contributed by atoms with E-state index in [-0.39, 0.29) is 5.92 Å². The quantitative estimate of drug-likeness (QED) is 0.514. The van der Waals surface area contributed by atoms with Gasteiger partial charge in [-0.2, -0.15) is 5.26 Å². The molecule has 1 atom stereocenters. The number of nitrogens with one attached hydrogen (secondary N) is 2. The SMILES string of the molecule is Cc1cc(C(C)C)c(C(O)c2nc3cc(C#N)ccc3[nH]2)c2cc[nH]c12. The normalized spacial score (nSPS) is 12.8. The number of aliphatic hydroxyl groups excluding tert-OH is 1. The number of hydrogen-bond acceptors (Lipinski definition) is 3. The summed E-state index contributed by atoms with van der Waals surface area (Å²) in [5.74, 6) is 0.760. The Bertz CT molecular complexity index is 1160. The van der Waals surface area contributed by atoms with E-state index in [4.69, 9.17) is 5.26 Å². The Kier molecular flexibility index (Phi) is 3.78. The zero-order valence-electron chi connectivity index (χ0n) is 15.0. The summed E-state index contributed by atoms with van der Waals surface area (Å²) in [6, 6.07) is 11.6. The van der Waals surface area contributed by atoms with Crippen LogP contribution >= 0.6 is 0 Å². The van der Waals surface area contributed by atoms with Gasteiger partial charge in [0.25, 0.3) is 0 Å². The van der Waals surface area contributed by atoms with Gasteiger partial charge in [0.05, 0.1) is 22.7 Å². The lowest BCUT2D eigenvalue weighted by Crippen LogP contribution is -2.08. The number of rotatable bonds is 3. The van der Waals surface area contributed by atoms with Crippen molar-refractivity contribution in [2.24, 2.45) is 0 Å². The molecule has 0 aliphatic carbocycles. The largest absolute Gasteiger partial charge is 0.380 e. The second-order valence-electron chi connectivity index (χ2n) is 6.99. The highest BCUT2D eigenvalue weighted by atomic mass is 16.3. The Hall–Kier alpha value is -3.10. The van der Waals surface area contributed by atoms with Crippen LogP contribution < -0.4 is 0 Å². The summed E-state index contributed by atoms with van der Waals surface area (Å²) in [6.07, 6.45) is 1.03. The first-order valence-corrected chi connectivity index (χ1v) is 8.68. The lowest BCUT2D eigenvalue weighted by Gasteiger charge is -2.19. The van der Waals surface area contributed by atoms with Gasteiger partial charge in [-0.25, -0.2) is 4.98 Å². The summed E-state index contributed by atoms with van der Waals surface area (Å²) in [5, 5.41) is 21.3. The number of fused-ring (bicyclic) bond motifs is 2. The van der Waals surface area contributed by atoms with E-state index < -0.39 is 6.10 Å². The fourth-order valence-electron chi connectivity index (χ4n) is 3.60. The van der Waals surface area contributed by atoms with Crippen LogP contribution in [0.2, 0.25) is 0 Å². The molecule has 0 bridgehead atoms. The number of aromatic amines is 2. The monoisotopic (exact) mass is 344 g/mol. The number of benzene rings is 2. The average Bonchev–Trinajstić information content (AvgIpc) is 3.27. The Labute approximate surface area is 151 Å². The molecule has 0 aliphatic heterocycles. The third kappa shape index (κ3) is 2.47. The van der Waals surface area contributed by atoms with E-state index in [1.54, 1.807) is 12.1 Å². The maximum Gasteiger partial charge on any atom is 0.140 e. The van der Waals surface area contributed by atoms with Crippen molar-refractivity contribution < 1.29 is 5.11 Å². The van der Waals surface area contributed by atoms with Crippen LogP contribution in [-0.2, 0) is 0 Å². The Balaban J connectivity index is 1.92. The highest BCUT2D eigenvalue weighted by molar-refractivity contribution is 5.88. The predicted molar refractivity (Wildman–Crippen MR) is 102 cm³/mol. The molecular weight excluding hydrogens is 324 g/mol. The number of nitriles is 1. The van der Waals surface area contributed by atoms with Crippen LogP contribution in [0.1, 0.15) is 53.9 Å². The standard InChI is InChI=1S/C21H20N4O/c1-11(2)15-8-12(3)19-14(6-7-23-19)18(15)20(26)21-24-16-5-4-13(10-22)9-17(16)25-21/h4-9,11,20,23,26H,1-3H3,(H,24,25). The highest BCUT2D eigenvalue weighted by Gasteiger charge is 2.23. The van der Waals surface area contributed by atoms with Gasteiger partial charge in [-0.05, 0) is 48.2 Å². The van der Waals surface area contributed by atoms with Crippen molar-refractivity contribution in [3.63, 3.8) is 0 Å². The zero-order chi connectivity index (χ0) is 18.4. The van der Waals surface area contributed by atoms with E-state index in [0.29, 0.717) is 16.9 Å². The number of nitrogens with zero attached hydrogens (tertiary/aromatic N) is 2. The van der Waals surface area contributed by atoms with Crippen molar-refractivity contribution in [3.05, 3.63) is 64.6 Å². The van der Waals surface area contributed by atoms with Crippen LogP contribution in [0.25, 0.3) is 21.9 Å². The third-order valence-electron chi connectivity index (χ3n) is 4.90. The Morgan fingerprint density at radius 3 is 2.73 bits per heavy atom. The maximum absolute atomic E-state index is 11.2. The van der Waals surface area contributed by atoms with Gasteiger partial charge in [0, 0.05) is 22.7 Å². The Morgan fingerprint density at radius 1 is 1.19 bits per heavy atom. The van der Waals surface area contributed by atoms with Gasteiger partial charge in [-0.3, -0.25) is 0 Å². The minimum absolute atomic E-state index is 0.271. The van der Waals surface area contributed by atoms with Gasteiger partial charge in [0.2, 0.25) is 0 Å². The predicted octanol–water partition coefficient (Wildman–Crippen LogP) is 4.43. The van der Waals surface area contributed by atoms with Crippen molar-refractivity contribution in [1.82, 2.24) is 15.0 Å². The lowest BCUT2D eigenvalue weighted by molar-refractivity contribution is 0.211. The van der Waals surface area contributed by atoms with Crippen molar-refractivity contribution in [3.8, 4) is 6.07 Å². The summed E-state index contributed by atoms with van der Waals surface area (Å²) >= 11 is 0. The molecule has 4 rings (SSSR count). The molecule has 5 heteroatoms. The van der Waals surface area contributed by atoms with Gasteiger partial charge >= 0.3 is 0 Å². The van der Waals surface area contributed by atoms with Crippen LogP contribution in [0.5, 0.6) is 0 Å². The summed E-state index contributed by atoms with van der Waals surface area (Å²) in [5.41, 5.74) is 6.22. The molecule has 0 saturated carbocycles. The molecule has 4 aromatic rings. The topological polar surface area (TPSA) is 88.5 Å². The number of aliphatic hydroxyl groups is 1. The molecule has 2 aromatic heterocycles. The molecule has 26 heavy (non-hydrogen) atoms. The molecule has 0 spiro atoms. The molecule has 3 N–H and O–H groups in total. The van der Waals surface area contributed by atoms with Crippen molar-refractivity contribution >= 4 is 21.9 Å². The molecule has 0 fully saturated rings. The van der Waals surface area contributed by atoms with Crippen molar-refractivity contribution in [2.75, 3.05) is 0 Å². The van der Waals surface area contributed by atoms with E-state index >= 15 is 0 Å². The van der Waals surface area contributed by atoms with Crippen molar-refractivity contribution in [1.29, 1.82) is 5.26 Å². The number of hydrogen-bond donors (Lipinski definition) is 3. The molecular formula is C21H20N4O. The number of aryl methyl sites for hydroxylation is 1. The molecule has 0 amide bonds. The van der Waals surface area contributed by atoms with E-state index in [1.807, 2.05) is 18.3 Å². The molecule has 0 saturated heterocycles. The molecule has 0 radical (unpaired) electrons. The lowest BCUT2D eigenvalue weighted by atomic mass is 9.89. The summed E-state index contributed by atoms with van der Waals surface area (Å²) in [4.78, 5) is 11.0. The van der Waals surface area contributed by atoms with E-state index in [9.17, 15) is 5.11 Å². The van der Waals surface area contributed by atoms with Crippen LogP contribution in [0, 0.1) is 18.3 Å². The van der Waals surface area contributed by atoms with Crippen molar-refractivity contribution in [2.45, 2.75) is 32.8 Å². The molecule has 5 nitrogen and oxygen atoms in total. The minimum atomic E-state index is -0.871. The van der Waals surface area contributed by atoms with Gasteiger partial charge in [-0.1, -0.05) is 19.9 Å². The van der Waals surface area contributed by atoms with E-state index in [1.165, 1.54) is 0 Å². The molecule has 2 heterocycles. The summed E-state index contributed by atoms with van der Waals surface area (Å²) in [6.45, 7) is 6.33. The van der Waals surface area contributed by atoms with Gasteiger partial charge < -0.3 is 15.1 Å². The molecule has 130 valence electrons. The molecule has 2 aromatic carbocycles. The molecule has 0 aliphatic rings. The fraction of sp³-hybridized carbons (Fsp3) is 0.238. The second-order valence-corrected chi connectivity index (χ2v) is 6.99. The number of aromatic nitrogens is 3. The van der Waals surface area contributed by atoms with Crippen LogP contribution in [-0.4, -0.2) is 20.1 Å². The average molecular weight is 344 g/mol. The Morgan fingerprint density at radius 2 is 2.00 bits per heavy atom. The molecule has 1 unspecified atom stereocenters. The van der Waals surface area contributed by atoms with Crippen LogP contribution in [0.3, 0.4) is 0 Å². The highest BCUT2D eigenvalue weighted by Crippen LogP contribution is 2.36. The van der Waals surface area contributed by atoms with Crippen LogP contribution in [0.15, 0.2) is 36.5 Å². The summed E-state index contributed by atoms with van der Waals surface area (Å²) < 4.78 is 0. The first-order chi connectivity index (χ1) is 12.5. The second kappa shape index (κ2) is 6.01. The third-order valence-corrected chi connectivity index (χ3v) is 4.90. The number of imidazole rings is 1. The van der Waals surface area contributed by atoms with Gasteiger partial charge in [0.1, 0.15) is 11.9 Å². The fourth-order valence-corrected chi connectivity index (χ4v) is 3.60.